The molecule has 4 fully saturated rings. The zero-order valence-corrected chi connectivity index (χ0v) is 24.3. The predicted molar refractivity (Wildman–Crippen MR) is 180 cm³/mol. The number of benzene rings is 5. The highest BCUT2D eigenvalue weighted by atomic mass is 15.2. The Morgan fingerprint density at radius 1 is 0.581 bits per heavy atom. The number of aromatic nitrogens is 1. The quantitative estimate of drug-likeness (QED) is 0.198. The Kier molecular flexibility index (Phi) is 4.34. The molecule has 0 N–H and O–H groups in total. The van der Waals surface area contributed by atoms with Gasteiger partial charge in [-0.2, -0.15) is 0 Å². The number of para-hydroxylation sites is 3. The van der Waals surface area contributed by atoms with Crippen LogP contribution in [-0.2, 0) is 5.41 Å². The van der Waals surface area contributed by atoms with E-state index in [0.29, 0.717) is 5.41 Å². The van der Waals surface area contributed by atoms with Crippen LogP contribution in [0.3, 0.4) is 0 Å². The van der Waals surface area contributed by atoms with E-state index < -0.39 is 0 Å². The second kappa shape index (κ2) is 8.02. The number of hydrogen-bond acceptors (Lipinski definition) is 1. The van der Waals surface area contributed by atoms with E-state index >= 15 is 0 Å². The summed E-state index contributed by atoms with van der Waals surface area (Å²) in [4.78, 5) is 2.55. The molecule has 12 rings (SSSR count). The van der Waals surface area contributed by atoms with Gasteiger partial charge in [0.15, 0.2) is 0 Å². The summed E-state index contributed by atoms with van der Waals surface area (Å²) in [6.45, 7) is 0.218. The van der Waals surface area contributed by atoms with Crippen LogP contribution < -0.4 is 21.3 Å². The molecule has 0 radical (unpaired) electrons. The standard InChI is InChI=1S/C40H33BN2/c1-2-8-29(9-3-1)42-35-17-16-28(40-22-25-18-26(23-40)20-27(19-25)24-40)21-33(35)41-32-12-6-11-31-30-10-4-5-13-34(30)43(39(31)32)37-15-7-14-36(42)38(37)41/h1-17,21,25-27H,18-20,22-24H2. The summed E-state index contributed by atoms with van der Waals surface area (Å²) < 4.78 is 2.56. The van der Waals surface area contributed by atoms with Crippen molar-refractivity contribution in [3.05, 3.63) is 115 Å². The summed E-state index contributed by atoms with van der Waals surface area (Å²) in [5.41, 5.74) is 14.3. The molecular weight excluding hydrogens is 519 g/mol. The van der Waals surface area contributed by atoms with Gasteiger partial charge >= 0.3 is 0 Å². The third kappa shape index (κ3) is 2.91. The minimum Gasteiger partial charge on any atom is -0.311 e. The molecule has 43 heavy (non-hydrogen) atoms. The third-order valence-corrected chi connectivity index (χ3v) is 12.1. The fraction of sp³-hybridized carbons (Fsp3) is 0.250. The lowest BCUT2D eigenvalue weighted by Crippen LogP contribution is -2.60. The van der Waals surface area contributed by atoms with Crippen LogP contribution in [0, 0.1) is 17.8 Å². The molecule has 2 nitrogen and oxygen atoms in total. The lowest BCUT2D eigenvalue weighted by atomic mass is 9.33. The number of fused-ring (bicyclic) bond motifs is 7. The first-order valence-corrected chi connectivity index (χ1v) is 16.4. The lowest BCUT2D eigenvalue weighted by Gasteiger charge is -2.57. The maximum Gasteiger partial charge on any atom is 0.252 e. The normalized spacial score (nSPS) is 25.8. The van der Waals surface area contributed by atoms with E-state index in [0.717, 1.165) is 17.8 Å². The first-order chi connectivity index (χ1) is 21.3. The van der Waals surface area contributed by atoms with Gasteiger partial charge in [-0.05, 0) is 120 Å². The van der Waals surface area contributed by atoms with E-state index in [1.165, 1.54) is 99.5 Å². The number of hydrogen-bond donors (Lipinski definition) is 0. The molecule has 3 heterocycles. The molecule has 4 aliphatic carbocycles. The lowest BCUT2D eigenvalue weighted by molar-refractivity contribution is -0.00514. The van der Waals surface area contributed by atoms with Gasteiger partial charge in [0, 0.05) is 39.0 Å². The second-order valence-corrected chi connectivity index (χ2v) is 14.4. The fourth-order valence-corrected chi connectivity index (χ4v) is 11.0. The van der Waals surface area contributed by atoms with Crippen LogP contribution in [0.4, 0.5) is 17.1 Å². The van der Waals surface area contributed by atoms with Crippen molar-refractivity contribution in [1.29, 1.82) is 0 Å². The van der Waals surface area contributed by atoms with Gasteiger partial charge in [0.2, 0.25) is 0 Å². The van der Waals surface area contributed by atoms with Crippen LogP contribution in [0.15, 0.2) is 109 Å². The Hall–Kier alpha value is -4.24. The molecule has 3 heteroatoms. The summed E-state index contributed by atoms with van der Waals surface area (Å²) in [5.74, 6) is 2.82. The number of anilines is 3. The number of rotatable bonds is 2. The van der Waals surface area contributed by atoms with Crippen LogP contribution in [0.25, 0.3) is 27.5 Å². The highest BCUT2D eigenvalue weighted by Crippen LogP contribution is 2.61. The van der Waals surface area contributed by atoms with Crippen molar-refractivity contribution in [3.63, 3.8) is 0 Å². The van der Waals surface area contributed by atoms with Crippen molar-refractivity contribution in [2.45, 2.75) is 43.9 Å². The highest BCUT2D eigenvalue weighted by molar-refractivity contribution is 7.00. The summed E-state index contributed by atoms with van der Waals surface area (Å²) in [6, 6.07) is 41.8. The maximum absolute atomic E-state index is 2.69. The van der Waals surface area contributed by atoms with E-state index in [1.54, 1.807) is 5.56 Å². The van der Waals surface area contributed by atoms with Gasteiger partial charge in [-0.25, -0.2) is 0 Å². The Morgan fingerprint density at radius 3 is 2.09 bits per heavy atom. The molecule has 0 amide bonds. The molecule has 1 aromatic heterocycles. The van der Waals surface area contributed by atoms with Gasteiger partial charge in [-0.1, -0.05) is 72.8 Å². The SMILES string of the molecule is c1ccc(N2c3ccc(C45CC6CC(CC(C6)C4)C5)cc3B3c4c2cccc4-n2c4ccccc4c4cccc3c42)cc1. The molecule has 0 unspecified atom stereocenters. The third-order valence-electron chi connectivity index (χ3n) is 12.1. The predicted octanol–water partition coefficient (Wildman–Crippen LogP) is 7.86. The molecule has 2 aliphatic heterocycles. The van der Waals surface area contributed by atoms with E-state index in [4.69, 9.17) is 0 Å². The molecule has 4 bridgehead atoms. The summed E-state index contributed by atoms with van der Waals surface area (Å²) in [6.07, 6.45) is 8.65. The van der Waals surface area contributed by atoms with Crippen molar-refractivity contribution in [2.24, 2.45) is 17.8 Å². The largest absolute Gasteiger partial charge is 0.311 e. The molecule has 0 atom stereocenters. The van der Waals surface area contributed by atoms with Crippen molar-refractivity contribution in [3.8, 4) is 5.69 Å². The van der Waals surface area contributed by atoms with Crippen molar-refractivity contribution in [1.82, 2.24) is 4.57 Å². The molecule has 5 aromatic carbocycles. The van der Waals surface area contributed by atoms with E-state index in [9.17, 15) is 0 Å². The van der Waals surface area contributed by atoms with Crippen molar-refractivity contribution >= 4 is 62.0 Å². The van der Waals surface area contributed by atoms with Gasteiger partial charge in [-0.15, -0.1) is 0 Å². The number of nitrogens with zero attached hydrogens (tertiary/aromatic N) is 2. The van der Waals surface area contributed by atoms with Crippen LogP contribution in [0.5, 0.6) is 0 Å². The van der Waals surface area contributed by atoms with Crippen LogP contribution in [-0.4, -0.2) is 11.3 Å². The molecule has 4 saturated carbocycles. The van der Waals surface area contributed by atoms with Crippen molar-refractivity contribution < 1.29 is 0 Å². The molecule has 0 spiro atoms. The smallest absolute Gasteiger partial charge is 0.252 e. The average molecular weight is 553 g/mol. The van der Waals surface area contributed by atoms with Gasteiger partial charge in [0.25, 0.3) is 6.71 Å². The Balaban J connectivity index is 1.23. The zero-order chi connectivity index (χ0) is 27.9. The Morgan fingerprint density at radius 2 is 1.28 bits per heavy atom. The minimum absolute atomic E-state index is 0.218. The molecular formula is C40H33BN2. The highest BCUT2D eigenvalue weighted by Gasteiger charge is 2.52. The fourth-order valence-electron chi connectivity index (χ4n) is 11.0. The average Bonchev–Trinajstić information content (AvgIpc) is 3.38. The van der Waals surface area contributed by atoms with E-state index in [1.807, 2.05) is 0 Å². The van der Waals surface area contributed by atoms with E-state index in [2.05, 4.69) is 119 Å². The van der Waals surface area contributed by atoms with Crippen LogP contribution in [0.2, 0.25) is 0 Å². The van der Waals surface area contributed by atoms with Crippen LogP contribution >= 0.6 is 0 Å². The summed E-state index contributed by atoms with van der Waals surface area (Å²) >= 11 is 0. The maximum atomic E-state index is 2.69. The minimum atomic E-state index is 0.218. The second-order valence-electron chi connectivity index (χ2n) is 14.4. The monoisotopic (exact) mass is 552 g/mol. The summed E-state index contributed by atoms with van der Waals surface area (Å²) in [5, 5.41) is 2.71. The van der Waals surface area contributed by atoms with Gasteiger partial charge in [0.05, 0.1) is 5.52 Å². The Labute approximate surface area is 253 Å². The molecule has 0 saturated heterocycles. The van der Waals surface area contributed by atoms with Gasteiger partial charge < -0.3 is 9.47 Å². The van der Waals surface area contributed by atoms with Crippen LogP contribution in [0.1, 0.15) is 44.1 Å². The summed E-state index contributed by atoms with van der Waals surface area (Å²) in [7, 11) is 0. The molecule has 6 aromatic rings. The Bertz CT molecular complexity index is 2100. The van der Waals surface area contributed by atoms with E-state index in [-0.39, 0.29) is 6.71 Å². The zero-order valence-electron chi connectivity index (χ0n) is 24.3. The topological polar surface area (TPSA) is 8.17 Å². The van der Waals surface area contributed by atoms with Crippen molar-refractivity contribution in [2.75, 3.05) is 4.90 Å². The first-order valence-electron chi connectivity index (χ1n) is 16.4. The molecule has 206 valence electrons. The molecule has 6 aliphatic rings. The first kappa shape index (κ1) is 23.2. The van der Waals surface area contributed by atoms with Gasteiger partial charge in [0.1, 0.15) is 0 Å². The van der Waals surface area contributed by atoms with Gasteiger partial charge in [-0.3, -0.25) is 0 Å².